The fourth-order valence-electron chi connectivity index (χ4n) is 2.45. The molecule has 136 valence electrons. The van der Waals surface area contributed by atoms with Crippen molar-refractivity contribution in [3.63, 3.8) is 0 Å². The molecule has 0 aromatic heterocycles. The lowest BCUT2D eigenvalue weighted by molar-refractivity contribution is -0.410. The van der Waals surface area contributed by atoms with Crippen molar-refractivity contribution >= 4 is 11.8 Å². The summed E-state index contributed by atoms with van der Waals surface area (Å²) in [4.78, 5) is 23.2. The number of hydrogen-bond acceptors (Lipinski definition) is 5. The summed E-state index contributed by atoms with van der Waals surface area (Å²) in [5, 5.41) is 0. The highest BCUT2D eigenvalue weighted by atomic mass is 35.5. The van der Waals surface area contributed by atoms with Crippen LogP contribution in [0.15, 0.2) is 0 Å². The summed E-state index contributed by atoms with van der Waals surface area (Å²) in [5.74, 6) is 0.0459. The van der Waals surface area contributed by atoms with Crippen molar-refractivity contribution in [3.8, 4) is 0 Å². The summed E-state index contributed by atoms with van der Waals surface area (Å²) in [6.07, 6.45) is 1.13. The lowest BCUT2D eigenvalue weighted by atomic mass is 10.0. The van der Waals surface area contributed by atoms with Gasteiger partial charge in [0.2, 0.25) is 0 Å². The van der Waals surface area contributed by atoms with Gasteiger partial charge in [-0.25, -0.2) is 4.79 Å². The van der Waals surface area contributed by atoms with Crippen LogP contribution in [-0.2, 0) is 23.8 Å². The van der Waals surface area contributed by atoms with Gasteiger partial charge < -0.3 is 32.4 Å². The molecular formula is C16H30ClNO5. The van der Waals surface area contributed by atoms with E-state index in [0.29, 0.717) is 18.9 Å². The lowest BCUT2D eigenvalue weighted by Gasteiger charge is -2.31. The fraction of sp³-hybridized carbons (Fsp3) is 0.875. The van der Waals surface area contributed by atoms with Gasteiger partial charge >= 0.3 is 5.97 Å². The maximum Gasteiger partial charge on any atom is 0.365 e. The third kappa shape index (κ3) is 8.11. The average molecular weight is 352 g/mol. The first kappa shape index (κ1) is 22.3. The molecule has 0 aromatic rings. The minimum Gasteiger partial charge on any atom is -1.00 e. The zero-order chi connectivity index (χ0) is 16.7. The number of Topliss-reactive ketones (excluding diaryl/α,β-unsaturated/α-hetero) is 1. The van der Waals surface area contributed by atoms with Crippen LogP contribution in [-0.4, -0.2) is 49.3 Å². The predicted octanol–water partition coefficient (Wildman–Crippen LogP) is -2.27. The summed E-state index contributed by atoms with van der Waals surface area (Å²) < 4.78 is 17.2. The predicted molar refractivity (Wildman–Crippen MR) is 81.1 cm³/mol. The van der Waals surface area contributed by atoms with Crippen molar-refractivity contribution < 1.29 is 41.9 Å². The number of rotatable bonds is 6. The Morgan fingerprint density at radius 3 is 2.57 bits per heavy atom. The molecule has 0 bridgehead atoms. The first-order valence-corrected chi connectivity index (χ1v) is 8.07. The summed E-state index contributed by atoms with van der Waals surface area (Å²) in [5.41, 5.74) is 3.84. The molecule has 0 spiro atoms. The maximum absolute atomic E-state index is 12.0. The Morgan fingerprint density at radius 2 is 2.00 bits per heavy atom. The van der Waals surface area contributed by atoms with Crippen LogP contribution in [0, 0.1) is 5.92 Å². The Bertz CT molecular complexity index is 377. The van der Waals surface area contributed by atoms with Crippen LogP contribution in [0.25, 0.3) is 0 Å². The molecule has 0 aliphatic carbocycles. The van der Waals surface area contributed by atoms with Crippen molar-refractivity contribution in [2.75, 3.05) is 13.2 Å². The first-order chi connectivity index (χ1) is 10.3. The van der Waals surface area contributed by atoms with Crippen LogP contribution in [0.4, 0.5) is 0 Å². The number of quaternary nitrogens is 1. The van der Waals surface area contributed by atoms with E-state index >= 15 is 0 Å². The van der Waals surface area contributed by atoms with E-state index in [1.54, 1.807) is 0 Å². The summed E-state index contributed by atoms with van der Waals surface area (Å²) in [6, 6.07) is -0.361. The number of carbonyl (C=O) groups excluding carboxylic acids is 2. The van der Waals surface area contributed by atoms with Crippen LogP contribution >= 0.6 is 0 Å². The molecular weight excluding hydrogens is 322 g/mol. The molecule has 6 nitrogen and oxygen atoms in total. The summed E-state index contributed by atoms with van der Waals surface area (Å²) >= 11 is 0. The van der Waals surface area contributed by atoms with Gasteiger partial charge in [-0.1, -0.05) is 13.8 Å². The fourth-order valence-corrected chi connectivity index (χ4v) is 2.45. The van der Waals surface area contributed by atoms with E-state index in [-0.39, 0.29) is 49.0 Å². The second kappa shape index (κ2) is 11.0. The number of ketones is 1. The van der Waals surface area contributed by atoms with Crippen molar-refractivity contribution in [2.45, 2.75) is 71.3 Å². The number of esters is 1. The quantitative estimate of drug-likeness (QED) is 0.545. The van der Waals surface area contributed by atoms with Gasteiger partial charge in [-0.2, -0.15) is 0 Å². The molecule has 0 radical (unpaired) electrons. The smallest absolute Gasteiger partial charge is 0.365 e. The highest BCUT2D eigenvalue weighted by Gasteiger charge is 2.35. The molecule has 1 aliphatic rings. The second-order valence-electron chi connectivity index (χ2n) is 6.51. The number of halogens is 1. The standard InChI is InChI=1S/C16H29NO5.ClH/c1-10(2)8-21-15-12(4)22-16(19)13(17)6-5-7-14(15)20-9-11(3)18;/h10,12-15H,5-9,17H2,1-4H3;1H/t12-,13-,14-,15-;/m0./s1. The van der Waals surface area contributed by atoms with Crippen molar-refractivity contribution in [3.05, 3.63) is 0 Å². The Kier molecular flexibility index (Phi) is 10.6. The van der Waals surface area contributed by atoms with Crippen molar-refractivity contribution in [1.82, 2.24) is 0 Å². The molecule has 0 amide bonds. The van der Waals surface area contributed by atoms with E-state index in [0.717, 1.165) is 12.8 Å². The van der Waals surface area contributed by atoms with Crippen LogP contribution in [0.5, 0.6) is 0 Å². The van der Waals surface area contributed by atoms with E-state index < -0.39 is 6.10 Å². The number of cyclic esters (lactones) is 1. The molecule has 1 fully saturated rings. The lowest BCUT2D eigenvalue weighted by Crippen LogP contribution is -3.00. The van der Waals surface area contributed by atoms with E-state index in [1.165, 1.54) is 6.92 Å². The Balaban J connectivity index is 0.00000484. The molecule has 0 unspecified atom stereocenters. The number of hydrogen-bond donors (Lipinski definition) is 1. The van der Waals surface area contributed by atoms with Crippen LogP contribution in [0.1, 0.15) is 47.0 Å². The maximum atomic E-state index is 12.0. The van der Waals surface area contributed by atoms with E-state index in [2.05, 4.69) is 19.6 Å². The van der Waals surface area contributed by atoms with E-state index in [4.69, 9.17) is 14.2 Å². The van der Waals surface area contributed by atoms with Crippen LogP contribution < -0.4 is 18.1 Å². The van der Waals surface area contributed by atoms with E-state index in [9.17, 15) is 9.59 Å². The largest absolute Gasteiger partial charge is 1.00 e. The van der Waals surface area contributed by atoms with Gasteiger partial charge in [-0.05, 0) is 32.6 Å². The SMILES string of the molecule is CC(=O)CO[C@H]1CCC[C@H]([NH3+])C(=O)O[C@@H](C)[C@@H]1OCC(C)C.[Cl-]. The number of carbonyl (C=O) groups is 2. The molecule has 23 heavy (non-hydrogen) atoms. The van der Waals surface area contributed by atoms with Gasteiger partial charge in [0, 0.05) is 13.0 Å². The zero-order valence-corrected chi connectivity index (χ0v) is 15.3. The van der Waals surface area contributed by atoms with Crippen molar-refractivity contribution in [1.29, 1.82) is 0 Å². The molecule has 1 rings (SSSR count). The topological polar surface area (TPSA) is 89.5 Å². The Hall–Kier alpha value is -0.690. The molecule has 0 aromatic carbocycles. The normalized spacial score (nSPS) is 29.0. The van der Waals surface area contributed by atoms with Gasteiger partial charge in [-0.3, -0.25) is 4.79 Å². The molecule has 4 atom stereocenters. The Labute approximate surface area is 144 Å². The van der Waals surface area contributed by atoms with E-state index in [1.807, 2.05) is 6.92 Å². The number of ether oxygens (including phenoxy) is 3. The second-order valence-corrected chi connectivity index (χ2v) is 6.51. The monoisotopic (exact) mass is 351 g/mol. The van der Waals surface area contributed by atoms with Crippen LogP contribution in [0.2, 0.25) is 0 Å². The minimum atomic E-state index is -0.425. The minimum absolute atomic E-state index is 0. The van der Waals surface area contributed by atoms with Gasteiger partial charge in [0.1, 0.15) is 18.8 Å². The third-order valence-corrected chi connectivity index (χ3v) is 3.63. The molecule has 7 heteroatoms. The van der Waals surface area contributed by atoms with Gasteiger partial charge in [-0.15, -0.1) is 0 Å². The van der Waals surface area contributed by atoms with Gasteiger partial charge in [0.05, 0.1) is 6.10 Å². The van der Waals surface area contributed by atoms with Gasteiger partial charge in [0.25, 0.3) is 0 Å². The summed E-state index contributed by atoms with van der Waals surface area (Å²) in [7, 11) is 0. The highest BCUT2D eigenvalue weighted by Crippen LogP contribution is 2.21. The molecule has 0 saturated carbocycles. The molecule has 3 N–H and O–H groups in total. The molecule has 1 saturated heterocycles. The molecule has 1 heterocycles. The summed E-state index contributed by atoms with van der Waals surface area (Å²) in [6.45, 7) is 8.03. The molecule has 1 aliphatic heterocycles. The van der Waals surface area contributed by atoms with Crippen LogP contribution in [0.3, 0.4) is 0 Å². The average Bonchev–Trinajstić information content (AvgIpc) is 2.46. The first-order valence-electron chi connectivity index (χ1n) is 8.07. The third-order valence-electron chi connectivity index (χ3n) is 3.63. The Morgan fingerprint density at radius 1 is 1.35 bits per heavy atom. The van der Waals surface area contributed by atoms with Crippen molar-refractivity contribution in [2.24, 2.45) is 5.92 Å². The highest BCUT2D eigenvalue weighted by molar-refractivity contribution is 5.76. The zero-order valence-electron chi connectivity index (χ0n) is 14.5. The van der Waals surface area contributed by atoms with Gasteiger partial charge in [0.15, 0.2) is 11.8 Å².